The zero-order valence-corrected chi connectivity index (χ0v) is 13.0. The topological polar surface area (TPSA) is 81.8 Å². The number of rotatable bonds is 2. The van der Waals surface area contributed by atoms with Crippen molar-refractivity contribution in [1.29, 1.82) is 0 Å². The molecule has 1 atom stereocenters. The van der Waals surface area contributed by atoms with Crippen molar-refractivity contribution in [1.82, 2.24) is 20.1 Å². The number of likely N-dealkylation sites (tertiary alicyclic amines) is 1. The summed E-state index contributed by atoms with van der Waals surface area (Å²) in [6.07, 6.45) is 6.62. The Hall–Kier alpha value is -2.37. The molecular weight excluding hydrogens is 292 g/mol. The van der Waals surface area contributed by atoms with Crippen LogP contribution in [0.3, 0.4) is 0 Å². The summed E-state index contributed by atoms with van der Waals surface area (Å²) < 4.78 is 0. The molecule has 1 amide bonds. The largest absolute Gasteiger partial charge is 0.338 e. The lowest BCUT2D eigenvalue weighted by Gasteiger charge is -2.32. The molecule has 1 aliphatic carbocycles. The van der Waals surface area contributed by atoms with Crippen LogP contribution in [0.4, 0.5) is 0 Å². The van der Waals surface area contributed by atoms with E-state index in [2.05, 4.69) is 15.2 Å². The van der Waals surface area contributed by atoms with E-state index in [0.29, 0.717) is 13.1 Å². The number of carbonyl (C=O) groups is 1. The number of nitrogens with zero attached hydrogens (tertiary/aromatic N) is 2. The maximum Gasteiger partial charge on any atom is 0.261 e. The number of pyridine rings is 1. The van der Waals surface area contributed by atoms with E-state index in [0.717, 1.165) is 49.1 Å². The molecule has 2 N–H and O–H groups in total. The minimum Gasteiger partial charge on any atom is -0.338 e. The normalized spacial score (nSPS) is 20.5. The van der Waals surface area contributed by atoms with E-state index >= 15 is 0 Å². The predicted molar refractivity (Wildman–Crippen MR) is 85.6 cm³/mol. The third-order valence-electron chi connectivity index (χ3n) is 4.99. The van der Waals surface area contributed by atoms with Crippen LogP contribution in [0.25, 0.3) is 0 Å². The van der Waals surface area contributed by atoms with Gasteiger partial charge in [-0.25, -0.2) is 0 Å². The number of aryl methyl sites for hydroxylation is 2. The zero-order chi connectivity index (χ0) is 15.8. The van der Waals surface area contributed by atoms with E-state index < -0.39 is 0 Å². The fourth-order valence-corrected chi connectivity index (χ4v) is 3.75. The number of hydrogen-bond acceptors (Lipinski definition) is 3. The zero-order valence-electron chi connectivity index (χ0n) is 13.0. The Kier molecular flexibility index (Phi) is 3.52. The summed E-state index contributed by atoms with van der Waals surface area (Å²) in [5.41, 5.74) is 3.22. The van der Waals surface area contributed by atoms with Crippen molar-refractivity contribution in [2.75, 3.05) is 13.1 Å². The lowest BCUT2D eigenvalue weighted by molar-refractivity contribution is 0.0704. The second-order valence-corrected chi connectivity index (χ2v) is 6.47. The molecule has 1 unspecified atom stereocenters. The SMILES string of the molecule is O=C(c1cc2c([nH]c1=O)CCC2)N1CCCC(c2ccn[nH]2)C1. The molecule has 2 aliphatic rings. The molecule has 2 aromatic rings. The van der Waals surface area contributed by atoms with Crippen molar-refractivity contribution in [2.45, 2.75) is 38.0 Å². The molecule has 6 nitrogen and oxygen atoms in total. The smallest absolute Gasteiger partial charge is 0.261 e. The number of carbonyl (C=O) groups excluding carboxylic acids is 1. The van der Waals surface area contributed by atoms with Crippen LogP contribution in [0, 0.1) is 0 Å². The Morgan fingerprint density at radius 3 is 3.04 bits per heavy atom. The molecule has 0 aromatic carbocycles. The summed E-state index contributed by atoms with van der Waals surface area (Å²) >= 11 is 0. The fourth-order valence-electron chi connectivity index (χ4n) is 3.75. The van der Waals surface area contributed by atoms with Gasteiger partial charge in [-0.3, -0.25) is 14.7 Å². The van der Waals surface area contributed by atoms with Crippen molar-refractivity contribution >= 4 is 5.91 Å². The van der Waals surface area contributed by atoms with Crippen LogP contribution in [-0.4, -0.2) is 39.1 Å². The molecule has 1 fully saturated rings. The van der Waals surface area contributed by atoms with Gasteiger partial charge in [-0.1, -0.05) is 0 Å². The Labute approximate surface area is 133 Å². The van der Waals surface area contributed by atoms with E-state index in [1.54, 1.807) is 11.1 Å². The fraction of sp³-hybridized carbons (Fsp3) is 0.471. The van der Waals surface area contributed by atoms with Crippen LogP contribution >= 0.6 is 0 Å². The number of fused-ring (bicyclic) bond motifs is 1. The van der Waals surface area contributed by atoms with Crippen LogP contribution in [0.5, 0.6) is 0 Å². The molecule has 0 bridgehead atoms. The van der Waals surface area contributed by atoms with Crippen molar-refractivity contribution in [2.24, 2.45) is 0 Å². The standard InChI is InChI=1S/C17H20N4O2/c22-16-13(9-11-3-1-5-14(11)19-16)17(23)21-8-2-4-12(10-21)15-6-7-18-20-15/h6-7,9,12H,1-5,8,10H2,(H,18,20)(H,19,22). The van der Waals surface area contributed by atoms with E-state index in [9.17, 15) is 9.59 Å². The van der Waals surface area contributed by atoms with Crippen LogP contribution in [0.1, 0.15) is 52.5 Å². The minimum absolute atomic E-state index is 0.148. The lowest BCUT2D eigenvalue weighted by atomic mass is 9.94. The summed E-state index contributed by atoms with van der Waals surface area (Å²) in [5.74, 6) is 0.119. The minimum atomic E-state index is -0.251. The van der Waals surface area contributed by atoms with Gasteiger partial charge in [0.2, 0.25) is 0 Å². The van der Waals surface area contributed by atoms with E-state index in [1.165, 1.54) is 0 Å². The summed E-state index contributed by atoms with van der Waals surface area (Å²) in [6, 6.07) is 3.77. The molecule has 0 spiro atoms. The Morgan fingerprint density at radius 1 is 1.30 bits per heavy atom. The number of hydrogen-bond donors (Lipinski definition) is 2. The maximum atomic E-state index is 12.8. The van der Waals surface area contributed by atoms with Gasteiger partial charge in [-0.05, 0) is 49.8 Å². The third kappa shape index (κ3) is 2.58. The summed E-state index contributed by atoms with van der Waals surface area (Å²) in [7, 11) is 0. The van der Waals surface area contributed by atoms with Crippen LogP contribution < -0.4 is 5.56 Å². The first-order valence-corrected chi connectivity index (χ1v) is 8.26. The molecule has 1 aliphatic heterocycles. The van der Waals surface area contributed by atoms with E-state index in [4.69, 9.17) is 0 Å². The molecule has 2 aromatic heterocycles. The molecule has 6 heteroatoms. The summed E-state index contributed by atoms with van der Waals surface area (Å²) in [5, 5.41) is 6.99. The van der Waals surface area contributed by atoms with Crippen molar-refractivity contribution in [3.8, 4) is 0 Å². The van der Waals surface area contributed by atoms with Gasteiger partial charge in [-0.2, -0.15) is 5.10 Å². The number of aromatic nitrogens is 3. The van der Waals surface area contributed by atoms with Gasteiger partial charge in [0.15, 0.2) is 0 Å². The predicted octanol–water partition coefficient (Wildman–Crippen LogP) is 1.61. The first-order valence-electron chi connectivity index (χ1n) is 8.26. The average Bonchev–Trinajstić information content (AvgIpc) is 3.24. The second kappa shape index (κ2) is 5.68. The Balaban J connectivity index is 1.58. The van der Waals surface area contributed by atoms with Gasteiger partial charge in [-0.15, -0.1) is 0 Å². The monoisotopic (exact) mass is 312 g/mol. The number of nitrogens with one attached hydrogen (secondary N) is 2. The van der Waals surface area contributed by atoms with Gasteiger partial charge >= 0.3 is 0 Å². The van der Waals surface area contributed by atoms with Crippen LogP contribution in [-0.2, 0) is 12.8 Å². The van der Waals surface area contributed by atoms with Gasteiger partial charge in [0.1, 0.15) is 5.56 Å². The van der Waals surface area contributed by atoms with E-state index in [1.807, 2.05) is 12.1 Å². The Morgan fingerprint density at radius 2 is 2.22 bits per heavy atom. The summed E-state index contributed by atoms with van der Waals surface area (Å²) in [6.45, 7) is 1.34. The van der Waals surface area contributed by atoms with Gasteiger partial charge in [0.25, 0.3) is 11.5 Å². The van der Waals surface area contributed by atoms with E-state index in [-0.39, 0.29) is 22.9 Å². The lowest BCUT2D eigenvalue weighted by Crippen LogP contribution is -2.41. The molecule has 3 heterocycles. The molecule has 0 saturated carbocycles. The third-order valence-corrected chi connectivity index (χ3v) is 4.99. The van der Waals surface area contributed by atoms with Gasteiger partial charge in [0, 0.05) is 36.6 Å². The molecule has 0 radical (unpaired) electrons. The van der Waals surface area contributed by atoms with Crippen molar-refractivity contribution < 1.29 is 4.79 Å². The van der Waals surface area contributed by atoms with Crippen LogP contribution in [0.2, 0.25) is 0 Å². The molecular formula is C17H20N4O2. The van der Waals surface area contributed by atoms with Crippen molar-refractivity contribution in [3.05, 3.63) is 51.2 Å². The second-order valence-electron chi connectivity index (χ2n) is 6.47. The number of piperidine rings is 1. The number of amides is 1. The highest BCUT2D eigenvalue weighted by Crippen LogP contribution is 2.26. The first kappa shape index (κ1) is 14.2. The molecule has 1 saturated heterocycles. The average molecular weight is 312 g/mol. The maximum absolute atomic E-state index is 12.8. The van der Waals surface area contributed by atoms with Gasteiger partial charge in [0.05, 0.1) is 0 Å². The molecule has 120 valence electrons. The molecule has 23 heavy (non-hydrogen) atoms. The van der Waals surface area contributed by atoms with Crippen LogP contribution in [0.15, 0.2) is 23.1 Å². The first-order chi connectivity index (χ1) is 11.2. The quantitative estimate of drug-likeness (QED) is 0.884. The highest BCUT2D eigenvalue weighted by Gasteiger charge is 2.28. The van der Waals surface area contributed by atoms with Crippen molar-refractivity contribution in [3.63, 3.8) is 0 Å². The number of aromatic amines is 2. The highest BCUT2D eigenvalue weighted by atomic mass is 16.2. The highest BCUT2D eigenvalue weighted by molar-refractivity contribution is 5.94. The van der Waals surface area contributed by atoms with Gasteiger partial charge < -0.3 is 9.88 Å². The summed E-state index contributed by atoms with van der Waals surface area (Å²) in [4.78, 5) is 29.8. The Bertz CT molecular complexity index is 778. The molecule has 4 rings (SSSR count). The number of H-pyrrole nitrogens is 2.